The van der Waals surface area contributed by atoms with Crippen LogP contribution in [0, 0.1) is 11.8 Å². The first-order valence-electron chi connectivity index (χ1n) is 7.15. The van der Waals surface area contributed by atoms with Gasteiger partial charge in [0.15, 0.2) is 0 Å². The van der Waals surface area contributed by atoms with Crippen LogP contribution in [0.2, 0.25) is 0 Å². The molecule has 5 heteroatoms. The van der Waals surface area contributed by atoms with Crippen LogP contribution in [-0.4, -0.2) is 40.6 Å². The van der Waals surface area contributed by atoms with E-state index in [4.69, 9.17) is 0 Å². The van der Waals surface area contributed by atoms with Gasteiger partial charge in [-0.2, -0.15) is 0 Å². The van der Waals surface area contributed by atoms with Crippen molar-refractivity contribution in [1.82, 2.24) is 10.2 Å². The minimum absolute atomic E-state index is 0.246. The summed E-state index contributed by atoms with van der Waals surface area (Å²) in [5.41, 5.74) is -1.14. The molecule has 5 nitrogen and oxygen atoms in total. The Morgan fingerprint density at radius 3 is 2.05 bits per heavy atom. The van der Waals surface area contributed by atoms with E-state index in [1.54, 1.807) is 18.7 Å². The van der Waals surface area contributed by atoms with Gasteiger partial charge in [-0.25, -0.2) is 9.59 Å². The van der Waals surface area contributed by atoms with Crippen LogP contribution in [0.3, 0.4) is 0 Å². The molecule has 0 aromatic heterocycles. The lowest BCUT2D eigenvalue weighted by Crippen LogP contribution is -2.59. The topological polar surface area (TPSA) is 69.6 Å². The predicted octanol–water partition coefficient (Wildman–Crippen LogP) is 2.32. The lowest BCUT2D eigenvalue weighted by Gasteiger charge is -2.37. The number of rotatable bonds is 4. The number of nitrogens with zero attached hydrogens (tertiary/aromatic N) is 1. The Kier molecular flexibility index (Phi) is 5.20. The Morgan fingerprint density at radius 1 is 1.21 bits per heavy atom. The number of carbonyl (C=O) groups excluding carboxylic acids is 1. The molecule has 1 aliphatic rings. The highest BCUT2D eigenvalue weighted by atomic mass is 16.4. The minimum Gasteiger partial charge on any atom is -0.480 e. The summed E-state index contributed by atoms with van der Waals surface area (Å²) >= 11 is 0. The number of carboxylic acids is 1. The van der Waals surface area contributed by atoms with Crippen LogP contribution in [0.1, 0.15) is 47.0 Å². The Bertz CT molecular complexity index is 330. The van der Waals surface area contributed by atoms with Crippen molar-refractivity contribution in [3.05, 3.63) is 0 Å². The van der Waals surface area contributed by atoms with Gasteiger partial charge in [-0.1, -0.05) is 27.7 Å². The van der Waals surface area contributed by atoms with Crippen LogP contribution in [-0.2, 0) is 4.79 Å². The Morgan fingerprint density at radius 2 is 1.68 bits per heavy atom. The second-order valence-corrected chi connectivity index (χ2v) is 5.88. The van der Waals surface area contributed by atoms with Crippen LogP contribution < -0.4 is 5.32 Å². The number of urea groups is 1. The second kappa shape index (κ2) is 6.26. The van der Waals surface area contributed by atoms with Gasteiger partial charge < -0.3 is 15.3 Å². The van der Waals surface area contributed by atoms with Gasteiger partial charge in [0.2, 0.25) is 0 Å². The van der Waals surface area contributed by atoms with Crippen molar-refractivity contribution in [3.63, 3.8) is 0 Å². The van der Waals surface area contributed by atoms with Crippen molar-refractivity contribution >= 4 is 12.0 Å². The highest BCUT2D eigenvalue weighted by molar-refractivity contribution is 5.86. The zero-order chi connectivity index (χ0) is 14.6. The molecule has 0 spiro atoms. The summed E-state index contributed by atoms with van der Waals surface area (Å²) in [6.45, 7) is 9.25. The molecule has 1 rings (SSSR count). The van der Waals surface area contributed by atoms with Gasteiger partial charge in [0, 0.05) is 13.1 Å². The molecule has 0 bridgehead atoms. The Labute approximate surface area is 115 Å². The molecular formula is C14H26N2O3. The van der Waals surface area contributed by atoms with E-state index in [0.29, 0.717) is 37.8 Å². The van der Waals surface area contributed by atoms with Crippen molar-refractivity contribution in [1.29, 1.82) is 0 Å². The van der Waals surface area contributed by atoms with Crippen LogP contribution in [0.25, 0.3) is 0 Å². The first kappa shape index (κ1) is 15.8. The highest BCUT2D eigenvalue weighted by Crippen LogP contribution is 2.22. The molecular weight excluding hydrogens is 244 g/mol. The van der Waals surface area contributed by atoms with Crippen molar-refractivity contribution in [3.8, 4) is 0 Å². The van der Waals surface area contributed by atoms with Gasteiger partial charge in [-0.3, -0.25) is 0 Å². The molecule has 1 heterocycles. The van der Waals surface area contributed by atoms with E-state index in [0.717, 1.165) is 6.42 Å². The van der Waals surface area contributed by atoms with Gasteiger partial charge in [0.1, 0.15) is 5.54 Å². The van der Waals surface area contributed by atoms with Crippen LogP contribution in [0.15, 0.2) is 0 Å². The third kappa shape index (κ3) is 3.61. The molecule has 1 aliphatic heterocycles. The first-order valence-corrected chi connectivity index (χ1v) is 7.15. The summed E-state index contributed by atoms with van der Waals surface area (Å²) < 4.78 is 0. The maximum absolute atomic E-state index is 12.3. The van der Waals surface area contributed by atoms with Crippen molar-refractivity contribution < 1.29 is 14.7 Å². The number of likely N-dealkylation sites (tertiary alicyclic amines) is 1. The largest absolute Gasteiger partial charge is 0.480 e. The molecule has 19 heavy (non-hydrogen) atoms. The highest BCUT2D eigenvalue weighted by Gasteiger charge is 2.38. The summed E-state index contributed by atoms with van der Waals surface area (Å²) in [4.78, 5) is 25.4. The van der Waals surface area contributed by atoms with E-state index in [9.17, 15) is 14.7 Å². The van der Waals surface area contributed by atoms with E-state index in [1.165, 1.54) is 0 Å². The van der Waals surface area contributed by atoms with Crippen molar-refractivity contribution in [2.75, 3.05) is 13.1 Å². The number of hydrogen-bond acceptors (Lipinski definition) is 2. The molecule has 0 radical (unpaired) electrons. The zero-order valence-electron chi connectivity index (χ0n) is 12.4. The maximum atomic E-state index is 12.3. The van der Waals surface area contributed by atoms with Gasteiger partial charge in [-0.15, -0.1) is 0 Å². The molecule has 0 aromatic carbocycles. The number of amides is 2. The van der Waals surface area contributed by atoms with E-state index < -0.39 is 11.5 Å². The quantitative estimate of drug-likeness (QED) is 0.823. The Balaban J connectivity index is 2.74. The lowest BCUT2D eigenvalue weighted by molar-refractivity contribution is -0.144. The van der Waals surface area contributed by atoms with Crippen molar-refractivity contribution in [2.45, 2.75) is 52.5 Å². The summed E-state index contributed by atoms with van der Waals surface area (Å²) in [6.07, 6.45) is 1.91. The smallest absolute Gasteiger partial charge is 0.329 e. The number of hydrogen-bond donors (Lipinski definition) is 2. The van der Waals surface area contributed by atoms with Crippen LogP contribution in [0.4, 0.5) is 4.79 Å². The number of carbonyl (C=O) groups is 2. The molecule has 110 valence electrons. The molecule has 0 saturated carbocycles. The average molecular weight is 270 g/mol. The molecule has 1 saturated heterocycles. The summed E-state index contributed by atoms with van der Waals surface area (Å²) in [5, 5.41) is 12.1. The molecule has 1 fully saturated rings. The summed E-state index contributed by atoms with van der Waals surface area (Å²) in [6, 6.07) is -0.246. The molecule has 2 N–H and O–H groups in total. The van der Waals surface area contributed by atoms with E-state index in [2.05, 4.69) is 19.2 Å². The lowest BCUT2D eigenvalue weighted by atomic mass is 9.91. The maximum Gasteiger partial charge on any atom is 0.329 e. The monoisotopic (exact) mass is 270 g/mol. The number of piperidine rings is 1. The molecule has 2 amide bonds. The summed E-state index contributed by atoms with van der Waals surface area (Å²) in [7, 11) is 0. The molecule has 0 aromatic rings. The van der Waals surface area contributed by atoms with Gasteiger partial charge in [0.25, 0.3) is 0 Å². The second-order valence-electron chi connectivity index (χ2n) is 5.88. The number of carboxylic acid groups (broad SMARTS) is 1. The molecule has 2 unspecified atom stereocenters. The standard InChI is InChI=1S/C14H26N2O3/c1-5-14(6-2,12(17)18)15-13(19)16-8-10(3)7-11(4)9-16/h10-11H,5-9H2,1-4H3,(H,15,19)(H,17,18). The van der Waals surface area contributed by atoms with E-state index in [-0.39, 0.29) is 6.03 Å². The normalized spacial score (nSPS) is 24.1. The number of aliphatic carboxylic acids is 1. The average Bonchev–Trinajstić information content (AvgIpc) is 2.34. The van der Waals surface area contributed by atoms with E-state index >= 15 is 0 Å². The van der Waals surface area contributed by atoms with Crippen molar-refractivity contribution in [2.24, 2.45) is 11.8 Å². The third-order valence-electron chi connectivity index (χ3n) is 4.12. The minimum atomic E-state index is -1.14. The Hall–Kier alpha value is -1.26. The van der Waals surface area contributed by atoms with Gasteiger partial charge >= 0.3 is 12.0 Å². The first-order chi connectivity index (χ1) is 8.84. The predicted molar refractivity (Wildman–Crippen MR) is 74.0 cm³/mol. The molecule has 0 aliphatic carbocycles. The fraction of sp³-hybridized carbons (Fsp3) is 0.857. The zero-order valence-corrected chi connectivity index (χ0v) is 12.4. The van der Waals surface area contributed by atoms with Gasteiger partial charge in [0.05, 0.1) is 0 Å². The summed E-state index contributed by atoms with van der Waals surface area (Å²) in [5.74, 6) is -0.0158. The van der Waals surface area contributed by atoms with Crippen LogP contribution in [0.5, 0.6) is 0 Å². The SMILES string of the molecule is CCC(CC)(NC(=O)N1CC(C)CC(C)C1)C(=O)O. The van der Waals surface area contributed by atoms with E-state index in [1.807, 2.05) is 0 Å². The fourth-order valence-corrected chi connectivity index (χ4v) is 2.90. The molecule has 2 atom stereocenters. The number of nitrogens with one attached hydrogen (secondary N) is 1. The van der Waals surface area contributed by atoms with Gasteiger partial charge in [-0.05, 0) is 31.1 Å². The third-order valence-corrected chi connectivity index (χ3v) is 4.12. The fourth-order valence-electron chi connectivity index (χ4n) is 2.90. The van der Waals surface area contributed by atoms with Crippen LogP contribution >= 0.6 is 0 Å².